The average Bonchev–Trinajstić information content (AvgIpc) is 3.21. The van der Waals surface area contributed by atoms with Crippen LogP contribution >= 0.6 is 0 Å². The number of hydrogen-bond acceptors (Lipinski definition) is 5. The van der Waals surface area contributed by atoms with E-state index in [1.165, 1.54) is 0 Å². The molecule has 5 nitrogen and oxygen atoms in total. The van der Waals surface area contributed by atoms with Crippen molar-refractivity contribution in [1.29, 1.82) is 0 Å². The predicted octanol–water partition coefficient (Wildman–Crippen LogP) is 5.24. The van der Waals surface area contributed by atoms with Crippen LogP contribution in [0.2, 0.25) is 0 Å². The Bertz CT molecular complexity index is 1130. The quantitative estimate of drug-likeness (QED) is 0.769. The van der Waals surface area contributed by atoms with Crippen molar-refractivity contribution in [3.8, 4) is 11.1 Å². The van der Waals surface area contributed by atoms with E-state index in [1.54, 1.807) is 0 Å². The Morgan fingerprint density at radius 2 is 2.00 bits per heavy atom. The molecule has 0 radical (unpaired) electrons. The number of nitrogens with one attached hydrogen (secondary N) is 1. The molecule has 2 aliphatic heterocycles. The van der Waals surface area contributed by atoms with Gasteiger partial charge in [0.2, 0.25) is 0 Å². The van der Waals surface area contributed by atoms with Crippen molar-refractivity contribution in [2.24, 2.45) is 16.1 Å². The predicted molar refractivity (Wildman–Crippen MR) is 117 cm³/mol. The fourth-order valence-electron chi connectivity index (χ4n) is 5.38. The van der Waals surface area contributed by atoms with Gasteiger partial charge in [0.05, 0.1) is 11.6 Å². The standard InChI is InChI=1S/C25H26N4O/c1-4-25(19-7-5-6-17(13-19)18-8-9-26-16(3)12-18)20-14-27-29-24(20)28-21-10-15(2)11-22(30)23(21)25/h5-9,12-15,24,28H,4,10-11H2,1-3H3/t15-,24?,25+/m0/s1. The summed E-state index contributed by atoms with van der Waals surface area (Å²) < 4.78 is 0. The van der Waals surface area contributed by atoms with Crippen LogP contribution in [-0.4, -0.2) is 16.9 Å². The Hall–Kier alpha value is -3.08. The summed E-state index contributed by atoms with van der Waals surface area (Å²) in [5.74, 6) is 0.586. The number of rotatable bonds is 3. The normalized spacial score (nSPS) is 27.4. The molecule has 3 heterocycles. The third-order valence-electron chi connectivity index (χ3n) is 6.69. The lowest BCUT2D eigenvalue weighted by atomic mass is 9.60. The summed E-state index contributed by atoms with van der Waals surface area (Å²) >= 11 is 0. The number of azo groups is 1. The lowest BCUT2D eigenvalue weighted by molar-refractivity contribution is -0.117. The number of aromatic nitrogens is 1. The fourth-order valence-corrected chi connectivity index (χ4v) is 5.38. The number of benzene rings is 1. The summed E-state index contributed by atoms with van der Waals surface area (Å²) in [6.07, 6.45) is 5.79. The van der Waals surface area contributed by atoms with Gasteiger partial charge in [0, 0.05) is 35.2 Å². The van der Waals surface area contributed by atoms with E-state index in [-0.39, 0.29) is 11.9 Å². The van der Waals surface area contributed by atoms with Gasteiger partial charge < -0.3 is 5.32 Å². The van der Waals surface area contributed by atoms with Crippen LogP contribution in [0.1, 0.15) is 44.4 Å². The summed E-state index contributed by atoms with van der Waals surface area (Å²) in [5, 5.41) is 12.2. The Labute approximate surface area is 177 Å². The van der Waals surface area contributed by atoms with Gasteiger partial charge in [-0.3, -0.25) is 9.78 Å². The van der Waals surface area contributed by atoms with Gasteiger partial charge in [-0.25, -0.2) is 0 Å². The van der Waals surface area contributed by atoms with E-state index in [0.29, 0.717) is 12.3 Å². The van der Waals surface area contributed by atoms with E-state index >= 15 is 0 Å². The first-order valence-corrected chi connectivity index (χ1v) is 10.7. The monoisotopic (exact) mass is 398 g/mol. The smallest absolute Gasteiger partial charge is 0.164 e. The highest BCUT2D eigenvalue weighted by Crippen LogP contribution is 2.52. The molecule has 0 fully saturated rings. The van der Waals surface area contributed by atoms with E-state index in [4.69, 9.17) is 0 Å². The SMILES string of the molecule is CC[C@@]1(c2cccc(-c3ccnc(C)c3)c2)C2=CN=NC2NC2=C1C(=O)C[C@@H](C)C2. The third kappa shape index (κ3) is 2.76. The van der Waals surface area contributed by atoms with Gasteiger partial charge >= 0.3 is 0 Å². The van der Waals surface area contributed by atoms with Crippen LogP contribution in [0.3, 0.4) is 0 Å². The third-order valence-corrected chi connectivity index (χ3v) is 6.69. The maximum absolute atomic E-state index is 13.4. The Morgan fingerprint density at radius 3 is 2.80 bits per heavy atom. The number of carbonyl (C=O) groups is 1. The molecule has 30 heavy (non-hydrogen) atoms. The molecule has 1 aromatic carbocycles. The lowest BCUT2D eigenvalue weighted by Gasteiger charge is -2.46. The van der Waals surface area contributed by atoms with Crippen LogP contribution in [0.4, 0.5) is 0 Å². The van der Waals surface area contributed by atoms with Crippen LogP contribution in [0.15, 0.2) is 75.9 Å². The Morgan fingerprint density at radius 1 is 1.17 bits per heavy atom. The Balaban J connectivity index is 1.73. The molecule has 0 amide bonds. The summed E-state index contributed by atoms with van der Waals surface area (Å²) in [4.78, 5) is 17.7. The van der Waals surface area contributed by atoms with Gasteiger partial charge in [-0.1, -0.05) is 32.0 Å². The van der Waals surface area contributed by atoms with Crippen LogP contribution in [0.5, 0.6) is 0 Å². The lowest BCUT2D eigenvalue weighted by Crippen LogP contribution is -2.50. The number of hydrogen-bond donors (Lipinski definition) is 1. The van der Waals surface area contributed by atoms with Crippen LogP contribution < -0.4 is 5.32 Å². The average molecular weight is 399 g/mol. The minimum absolute atomic E-state index is 0.186. The highest BCUT2D eigenvalue weighted by atomic mass is 16.1. The molecule has 1 aliphatic carbocycles. The summed E-state index contributed by atoms with van der Waals surface area (Å²) in [6, 6.07) is 12.7. The summed E-state index contributed by atoms with van der Waals surface area (Å²) in [6.45, 7) is 6.31. The Kier molecular flexibility index (Phi) is 4.42. The van der Waals surface area contributed by atoms with Gasteiger partial charge in [0.15, 0.2) is 11.9 Å². The zero-order valence-corrected chi connectivity index (χ0v) is 17.6. The first-order valence-electron chi connectivity index (χ1n) is 10.7. The van der Waals surface area contributed by atoms with E-state index in [2.05, 4.69) is 64.7 Å². The zero-order valence-electron chi connectivity index (χ0n) is 17.6. The molecule has 152 valence electrons. The van der Waals surface area contributed by atoms with E-state index in [0.717, 1.165) is 52.1 Å². The van der Waals surface area contributed by atoms with E-state index < -0.39 is 5.41 Å². The molecule has 0 spiro atoms. The molecule has 1 aromatic heterocycles. The molecule has 3 atom stereocenters. The van der Waals surface area contributed by atoms with E-state index in [1.807, 2.05) is 25.4 Å². The highest BCUT2D eigenvalue weighted by Gasteiger charge is 2.51. The second kappa shape index (κ2) is 7.01. The molecular formula is C25H26N4O. The number of nitrogens with zero attached hydrogens (tertiary/aromatic N) is 3. The van der Waals surface area contributed by atoms with Crippen LogP contribution in [0.25, 0.3) is 11.1 Å². The molecule has 2 aromatic rings. The molecule has 0 saturated carbocycles. The summed E-state index contributed by atoms with van der Waals surface area (Å²) in [5.41, 5.74) is 6.94. The number of pyridine rings is 1. The highest BCUT2D eigenvalue weighted by molar-refractivity contribution is 6.01. The molecule has 1 N–H and O–H groups in total. The van der Waals surface area contributed by atoms with Crippen molar-refractivity contribution < 1.29 is 4.79 Å². The molecule has 0 bridgehead atoms. The fraction of sp³-hybridized carbons (Fsp3) is 0.360. The number of ketones is 1. The van der Waals surface area contributed by atoms with Crippen LogP contribution in [-0.2, 0) is 10.2 Å². The minimum Gasteiger partial charge on any atom is -0.362 e. The molecular weight excluding hydrogens is 372 g/mol. The van der Waals surface area contributed by atoms with Crippen molar-refractivity contribution in [2.45, 2.75) is 51.6 Å². The van der Waals surface area contributed by atoms with Gasteiger partial charge in [-0.15, -0.1) is 0 Å². The van der Waals surface area contributed by atoms with Crippen LogP contribution in [0, 0.1) is 12.8 Å². The summed E-state index contributed by atoms with van der Waals surface area (Å²) in [7, 11) is 0. The first-order chi connectivity index (χ1) is 14.5. The van der Waals surface area contributed by atoms with Crippen molar-refractivity contribution in [3.05, 3.63) is 76.9 Å². The second-order valence-corrected chi connectivity index (χ2v) is 8.68. The van der Waals surface area contributed by atoms with Crippen molar-refractivity contribution in [2.75, 3.05) is 0 Å². The van der Waals surface area contributed by atoms with Crippen molar-refractivity contribution >= 4 is 5.78 Å². The molecule has 1 unspecified atom stereocenters. The number of aryl methyl sites for hydroxylation is 1. The maximum Gasteiger partial charge on any atom is 0.164 e. The molecule has 3 aliphatic rings. The van der Waals surface area contributed by atoms with Gasteiger partial charge in [-0.05, 0) is 60.6 Å². The van der Waals surface area contributed by atoms with Crippen molar-refractivity contribution in [3.63, 3.8) is 0 Å². The first kappa shape index (κ1) is 18.9. The number of Topliss-reactive ketones (excluding diaryl/α,β-unsaturated/α-hetero) is 1. The largest absolute Gasteiger partial charge is 0.362 e. The van der Waals surface area contributed by atoms with Gasteiger partial charge in [0.25, 0.3) is 0 Å². The number of allylic oxidation sites excluding steroid dienone is 2. The minimum atomic E-state index is -0.496. The van der Waals surface area contributed by atoms with Crippen molar-refractivity contribution in [1.82, 2.24) is 10.3 Å². The molecule has 5 rings (SSSR count). The van der Waals surface area contributed by atoms with Gasteiger partial charge in [0.1, 0.15) is 0 Å². The molecule has 0 saturated heterocycles. The number of fused-ring (bicyclic) bond motifs is 1. The van der Waals surface area contributed by atoms with Gasteiger partial charge in [-0.2, -0.15) is 10.2 Å². The molecule has 5 heteroatoms. The maximum atomic E-state index is 13.4. The zero-order chi connectivity index (χ0) is 20.9. The second-order valence-electron chi connectivity index (χ2n) is 8.68. The topological polar surface area (TPSA) is 66.7 Å². The number of carbonyl (C=O) groups excluding carboxylic acids is 1. The van der Waals surface area contributed by atoms with E-state index in [9.17, 15) is 4.79 Å².